The van der Waals surface area contributed by atoms with Crippen LogP contribution in [0.5, 0.6) is 5.75 Å². The molecule has 1 N–H and O–H groups in total. The molecule has 0 aliphatic heterocycles. The standard InChI is InChI=1S/C22H21N5O3/c1-13-9-10-16(21-23-15(3)30-26-21)11-19(13)27-12-17(14(2)25-27)22(28)24-18-7-5-6-8-20(18)29-4/h5-12H,1-4H3,(H,24,28). The van der Waals surface area contributed by atoms with E-state index in [2.05, 4.69) is 20.6 Å². The molecule has 0 atom stereocenters. The highest BCUT2D eigenvalue weighted by Gasteiger charge is 2.17. The number of aryl methyl sites for hydroxylation is 3. The van der Waals surface area contributed by atoms with Crippen molar-refractivity contribution in [1.82, 2.24) is 19.9 Å². The summed E-state index contributed by atoms with van der Waals surface area (Å²) in [5.41, 5.74) is 4.32. The summed E-state index contributed by atoms with van der Waals surface area (Å²) < 4.78 is 12.1. The van der Waals surface area contributed by atoms with Crippen LogP contribution in [0.2, 0.25) is 0 Å². The van der Waals surface area contributed by atoms with Gasteiger partial charge < -0.3 is 14.6 Å². The summed E-state index contributed by atoms with van der Waals surface area (Å²) in [6.45, 7) is 5.52. The van der Waals surface area contributed by atoms with Gasteiger partial charge in [0.2, 0.25) is 11.7 Å². The fourth-order valence-corrected chi connectivity index (χ4v) is 3.16. The van der Waals surface area contributed by atoms with Crippen LogP contribution in [-0.2, 0) is 0 Å². The second kappa shape index (κ2) is 7.82. The summed E-state index contributed by atoms with van der Waals surface area (Å²) in [4.78, 5) is 17.1. The predicted molar refractivity (Wildman–Crippen MR) is 112 cm³/mol. The van der Waals surface area contributed by atoms with Crippen LogP contribution in [0.15, 0.2) is 53.2 Å². The first-order chi connectivity index (χ1) is 14.5. The predicted octanol–water partition coefficient (Wildman–Crippen LogP) is 4.11. The maximum atomic E-state index is 12.9. The Kier molecular flexibility index (Phi) is 5.05. The van der Waals surface area contributed by atoms with Crippen LogP contribution in [0.4, 0.5) is 5.69 Å². The Morgan fingerprint density at radius 3 is 2.67 bits per heavy atom. The molecule has 8 heteroatoms. The topological polar surface area (TPSA) is 95.1 Å². The average molecular weight is 403 g/mol. The van der Waals surface area contributed by atoms with E-state index >= 15 is 0 Å². The van der Waals surface area contributed by atoms with Gasteiger partial charge in [-0.15, -0.1) is 0 Å². The van der Waals surface area contributed by atoms with Crippen LogP contribution in [0.1, 0.15) is 27.5 Å². The molecule has 2 aromatic heterocycles. The first-order valence-corrected chi connectivity index (χ1v) is 9.38. The first kappa shape index (κ1) is 19.4. The number of aromatic nitrogens is 4. The van der Waals surface area contributed by atoms with E-state index in [0.29, 0.717) is 34.4 Å². The molecule has 2 heterocycles. The molecule has 2 aromatic carbocycles. The lowest BCUT2D eigenvalue weighted by Crippen LogP contribution is -2.13. The van der Waals surface area contributed by atoms with Crippen molar-refractivity contribution >= 4 is 11.6 Å². The Bertz CT molecular complexity index is 1230. The summed E-state index contributed by atoms with van der Waals surface area (Å²) in [7, 11) is 1.56. The number of amides is 1. The number of methoxy groups -OCH3 is 1. The maximum Gasteiger partial charge on any atom is 0.259 e. The molecule has 0 aliphatic carbocycles. The van der Waals surface area contributed by atoms with Crippen molar-refractivity contribution < 1.29 is 14.1 Å². The van der Waals surface area contributed by atoms with Gasteiger partial charge in [-0.1, -0.05) is 29.4 Å². The van der Waals surface area contributed by atoms with Gasteiger partial charge in [0.05, 0.1) is 29.7 Å². The molecule has 1 amide bonds. The van der Waals surface area contributed by atoms with Gasteiger partial charge in [0.1, 0.15) is 5.75 Å². The molecule has 0 aliphatic rings. The van der Waals surface area contributed by atoms with Crippen molar-refractivity contribution in [2.24, 2.45) is 0 Å². The number of hydrogen-bond donors (Lipinski definition) is 1. The average Bonchev–Trinajstić information content (AvgIpc) is 3.34. The van der Waals surface area contributed by atoms with Crippen molar-refractivity contribution in [2.75, 3.05) is 12.4 Å². The molecule has 0 saturated heterocycles. The maximum absolute atomic E-state index is 12.9. The SMILES string of the molecule is COc1ccccc1NC(=O)c1cn(-c2cc(-c3noc(C)n3)ccc2C)nc1C. The highest BCUT2D eigenvalue weighted by Crippen LogP contribution is 2.26. The van der Waals surface area contributed by atoms with Crippen LogP contribution in [-0.4, -0.2) is 32.9 Å². The summed E-state index contributed by atoms with van der Waals surface area (Å²) in [6, 6.07) is 13.1. The lowest BCUT2D eigenvalue weighted by Gasteiger charge is -2.09. The Balaban J connectivity index is 1.66. The van der Waals surface area contributed by atoms with E-state index in [0.717, 1.165) is 16.8 Å². The van der Waals surface area contributed by atoms with Gasteiger partial charge in [0, 0.05) is 18.7 Å². The zero-order valence-electron chi connectivity index (χ0n) is 17.1. The van der Waals surface area contributed by atoms with E-state index in [9.17, 15) is 4.79 Å². The molecular weight excluding hydrogens is 382 g/mol. The first-order valence-electron chi connectivity index (χ1n) is 9.38. The van der Waals surface area contributed by atoms with Crippen molar-refractivity contribution in [2.45, 2.75) is 20.8 Å². The number of rotatable bonds is 5. The third-order valence-electron chi connectivity index (χ3n) is 4.74. The van der Waals surface area contributed by atoms with Gasteiger partial charge in [-0.3, -0.25) is 4.79 Å². The molecule has 0 fully saturated rings. The number of nitrogens with zero attached hydrogens (tertiary/aromatic N) is 4. The van der Waals surface area contributed by atoms with E-state index in [1.165, 1.54) is 0 Å². The van der Waals surface area contributed by atoms with Crippen LogP contribution in [0.3, 0.4) is 0 Å². The van der Waals surface area contributed by atoms with Gasteiger partial charge in [-0.25, -0.2) is 4.68 Å². The Labute approximate surface area is 173 Å². The van der Waals surface area contributed by atoms with Gasteiger partial charge in [-0.2, -0.15) is 10.1 Å². The van der Waals surface area contributed by atoms with Crippen molar-refractivity contribution in [1.29, 1.82) is 0 Å². The Hall–Kier alpha value is -3.94. The largest absolute Gasteiger partial charge is 0.495 e. The third kappa shape index (κ3) is 3.67. The minimum absolute atomic E-state index is 0.258. The number of benzene rings is 2. The normalized spacial score (nSPS) is 10.8. The quantitative estimate of drug-likeness (QED) is 0.539. The molecule has 30 heavy (non-hydrogen) atoms. The molecule has 0 radical (unpaired) electrons. The number of nitrogens with one attached hydrogen (secondary N) is 1. The highest BCUT2D eigenvalue weighted by atomic mass is 16.5. The molecule has 0 spiro atoms. The van der Waals surface area contributed by atoms with E-state index in [1.807, 2.05) is 37.3 Å². The van der Waals surface area contributed by atoms with E-state index < -0.39 is 0 Å². The third-order valence-corrected chi connectivity index (χ3v) is 4.74. The van der Waals surface area contributed by atoms with Crippen molar-refractivity contribution in [3.63, 3.8) is 0 Å². The molecule has 152 valence electrons. The second-order valence-corrected chi connectivity index (χ2v) is 6.87. The number of carbonyl (C=O) groups is 1. The van der Waals surface area contributed by atoms with Gasteiger partial charge >= 0.3 is 0 Å². The lowest BCUT2D eigenvalue weighted by atomic mass is 10.1. The van der Waals surface area contributed by atoms with E-state index in [4.69, 9.17) is 9.26 Å². The molecule has 4 aromatic rings. The smallest absolute Gasteiger partial charge is 0.259 e. The molecule has 0 unspecified atom stereocenters. The fourth-order valence-electron chi connectivity index (χ4n) is 3.16. The summed E-state index contributed by atoms with van der Waals surface area (Å²) in [5.74, 6) is 1.34. The summed E-state index contributed by atoms with van der Waals surface area (Å²) in [5, 5.41) is 11.4. The molecular formula is C22H21N5O3. The van der Waals surface area contributed by atoms with Crippen LogP contribution >= 0.6 is 0 Å². The zero-order valence-corrected chi connectivity index (χ0v) is 17.1. The fraction of sp³-hybridized carbons (Fsp3) is 0.182. The number of hydrogen-bond acceptors (Lipinski definition) is 6. The monoisotopic (exact) mass is 403 g/mol. The van der Waals surface area contributed by atoms with Gasteiger partial charge in [-0.05, 0) is 37.6 Å². The van der Waals surface area contributed by atoms with Crippen molar-refractivity contribution in [3.8, 4) is 22.8 Å². The molecule has 0 bridgehead atoms. The Morgan fingerprint density at radius 2 is 1.93 bits per heavy atom. The summed E-state index contributed by atoms with van der Waals surface area (Å²) in [6.07, 6.45) is 1.72. The number of para-hydroxylation sites is 2. The molecule has 8 nitrogen and oxygen atoms in total. The number of carbonyl (C=O) groups excluding carboxylic acids is 1. The van der Waals surface area contributed by atoms with Crippen molar-refractivity contribution in [3.05, 3.63) is 71.4 Å². The molecule has 0 saturated carbocycles. The number of anilines is 1. The van der Waals surface area contributed by atoms with Crippen LogP contribution in [0, 0.1) is 20.8 Å². The minimum Gasteiger partial charge on any atom is -0.495 e. The van der Waals surface area contributed by atoms with E-state index in [-0.39, 0.29) is 5.91 Å². The Morgan fingerprint density at radius 1 is 1.13 bits per heavy atom. The highest BCUT2D eigenvalue weighted by molar-refractivity contribution is 6.05. The minimum atomic E-state index is -0.258. The molecule has 4 rings (SSSR count). The lowest BCUT2D eigenvalue weighted by molar-refractivity contribution is 0.102. The van der Waals surface area contributed by atoms with Gasteiger partial charge in [0.25, 0.3) is 5.91 Å². The van der Waals surface area contributed by atoms with Crippen LogP contribution in [0.25, 0.3) is 17.1 Å². The second-order valence-electron chi connectivity index (χ2n) is 6.87. The van der Waals surface area contributed by atoms with Gasteiger partial charge in [0.15, 0.2) is 0 Å². The van der Waals surface area contributed by atoms with Crippen LogP contribution < -0.4 is 10.1 Å². The van der Waals surface area contributed by atoms with E-state index in [1.54, 1.807) is 44.0 Å². The summed E-state index contributed by atoms with van der Waals surface area (Å²) >= 11 is 0. The number of ether oxygens (including phenoxy) is 1. The zero-order chi connectivity index (χ0) is 21.3.